The van der Waals surface area contributed by atoms with Gasteiger partial charge in [0.05, 0.1) is 16.3 Å². The molecule has 0 saturated heterocycles. The normalized spacial score (nSPS) is 12.0. The number of aliphatic hydroxyl groups is 1. The molecule has 1 atom stereocenters. The van der Waals surface area contributed by atoms with Crippen molar-refractivity contribution in [3.8, 4) is 11.3 Å². The van der Waals surface area contributed by atoms with Crippen molar-refractivity contribution < 1.29 is 9.90 Å². The predicted molar refractivity (Wildman–Crippen MR) is 87.9 cm³/mol. The van der Waals surface area contributed by atoms with Crippen LogP contribution in [0.15, 0.2) is 42.6 Å². The van der Waals surface area contributed by atoms with E-state index >= 15 is 0 Å². The van der Waals surface area contributed by atoms with Crippen LogP contribution in [0.2, 0.25) is 5.02 Å². The maximum absolute atomic E-state index is 12.3. The molecule has 1 heterocycles. The molecule has 116 valence electrons. The maximum Gasteiger partial charge on any atom is 0.253 e. The molecule has 2 N–H and O–H groups in total. The van der Waals surface area contributed by atoms with Gasteiger partial charge in [0.15, 0.2) is 0 Å². The van der Waals surface area contributed by atoms with Crippen LogP contribution in [0, 0.1) is 0 Å². The van der Waals surface area contributed by atoms with E-state index in [1.54, 1.807) is 18.3 Å². The summed E-state index contributed by atoms with van der Waals surface area (Å²) >= 11 is 6.15. The minimum Gasteiger partial charge on any atom is -0.396 e. The highest BCUT2D eigenvalue weighted by Gasteiger charge is 2.14. The van der Waals surface area contributed by atoms with Gasteiger partial charge in [0.2, 0.25) is 0 Å². The molecule has 0 aliphatic carbocycles. The van der Waals surface area contributed by atoms with E-state index in [9.17, 15) is 4.79 Å². The summed E-state index contributed by atoms with van der Waals surface area (Å²) in [5.41, 5.74) is 2.07. The maximum atomic E-state index is 12.3. The molecule has 0 saturated carbocycles. The summed E-state index contributed by atoms with van der Waals surface area (Å²) in [7, 11) is 0. The first-order valence-corrected chi connectivity index (χ1v) is 7.62. The molecule has 2 aromatic rings. The third kappa shape index (κ3) is 4.29. The topological polar surface area (TPSA) is 62.2 Å². The quantitative estimate of drug-likeness (QED) is 0.859. The minimum atomic E-state index is -0.215. The Morgan fingerprint density at radius 2 is 2.18 bits per heavy atom. The van der Waals surface area contributed by atoms with E-state index in [0.29, 0.717) is 17.0 Å². The monoisotopic (exact) mass is 318 g/mol. The van der Waals surface area contributed by atoms with Gasteiger partial charge in [-0.25, -0.2) is 0 Å². The number of nitrogens with one attached hydrogen (secondary N) is 1. The van der Waals surface area contributed by atoms with Crippen molar-refractivity contribution in [1.82, 2.24) is 10.3 Å². The fourth-order valence-electron chi connectivity index (χ4n) is 2.16. The minimum absolute atomic E-state index is 0.0192. The number of carbonyl (C=O) groups excluding carboxylic acids is 1. The smallest absolute Gasteiger partial charge is 0.253 e. The number of amides is 1. The van der Waals surface area contributed by atoms with Gasteiger partial charge in [-0.05, 0) is 44.0 Å². The SMILES string of the molecule is CC(CCCO)NC(=O)c1cc(-c2ccccn2)ccc1Cl. The number of nitrogens with zero attached hydrogens (tertiary/aromatic N) is 1. The number of hydrogen-bond donors (Lipinski definition) is 2. The number of aliphatic hydroxyl groups excluding tert-OH is 1. The molecule has 1 amide bonds. The number of rotatable bonds is 6. The van der Waals surface area contributed by atoms with Crippen LogP contribution < -0.4 is 5.32 Å². The Morgan fingerprint density at radius 1 is 1.36 bits per heavy atom. The zero-order valence-electron chi connectivity index (χ0n) is 12.4. The third-order valence-electron chi connectivity index (χ3n) is 3.34. The van der Waals surface area contributed by atoms with Gasteiger partial charge in [-0.15, -0.1) is 0 Å². The predicted octanol–water partition coefficient (Wildman–Crippen LogP) is 3.29. The first-order chi connectivity index (χ1) is 10.6. The molecule has 0 bridgehead atoms. The Bertz CT molecular complexity index is 632. The Balaban J connectivity index is 2.18. The number of pyridine rings is 1. The average molecular weight is 319 g/mol. The zero-order valence-corrected chi connectivity index (χ0v) is 13.2. The van der Waals surface area contributed by atoms with Crippen LogP contribution in [0.1, 0.15) is 30.1 Å². The summed E-state index contributed by atoms with van der Waals surface area (Å²) in [5, 5.41) is 12.1. The van der Waals surface area contributed by atoms with Gasteiger partial charge >= 0.3 is 0 Å². The van der Waals surface area contributed by atoms with E-state index in [1.807, 2.05) is 31.2 Å². The van der Waals surface area contributed by atoms with Crippen molar-refractivity contribution >= 4 is 17.5 Å². The van der Waals surface area contributed by atoms with Gasteiger partial charge in [-0.2, -0.15) is 0 Å². The second-order valence-electron chi connectivity index (χ2n) is 5.15. The Hall–Kier alpha value is -1.91. The van der Waals surface area contributed by atoms with Gasteiger partial charge in [-0.1, -0.05) is 23.7 Å². The first kappa shape index (κ1) is 16.5. The average Bonchev–Trinajstić information content (AvgIpc) is 2.54. The van der Waals surface area contributed by atoms with Crippen LogP contribution in [-0.4, -0.2) is 28.6 Å². The molecule has 1 aromatic heterocycles. The largest absolute Gasteiger partial charge is 0.396 e. The van der Waals surface area contributed by atoms with E-state index < -0.39 is 0 Å². The number of hydrogen-bond acceptors (Lipinski definition) is 3. The highest BCUT2D eigenvalue weighted by Crippen LogP contribution is 2.24. The standard InChI is InChI=1S/C17H19ClN2O2/c1-12(5-4-10-21)20-17(22)14-11-13(7-8-15(14)18)16-6-2-3-9-19-16/h2-3,6-9,11-12,21H,4-5,10H2,1H3,(H,20,22). The molecule has 22 heavy (non-hydrogen) atoms. The summed E-state index contributed by atoms with van der Waals surface area (Å²) in [4.78, 5) is 16.6. The molecule has 1 aromatic carbocycles. The number of carbonyl (C=O) groups is 1. The fourth-order valence-corrected chi connectivity index (χ4v) is 2.37. The molecular weight excluding hydrogens is 300 g/mol. The molecule has 5 heteroatoms. The molecule has 1 unspecified atom stereocenters. The second kappa shape index (κ2) is 7.92. The van der Waals surface area contributed by atoms with Crippen LogP contribution in [0.3, 0.4) is 0 Å². The summed E-state index contributed by atoms with van der Waals surface area (Å²) in [6.45, 7) is 2.03. The van der Waals surface area contributed by atoms with Crippen molar-refractivity contribution in [1.29, 1.82) is 0 Å². The van der Waals surface area contributed by atoms with Crippen molar-refractivity contribution in [2.75, 3.05) is 6.61 Å². The highest BCUT2D eigenvalue weighted by molar-refractivity contribution is 6.34. The molecule has 2 rings (SSSR count). The lowest BCUT2D eigenvalue weighted by molar-refractivity contribution is 0.0936. The van der Waals surface area contributed by atoms with Gasteiger partial charge in [0.25, 0.3) is 5.91 Å². The number of aromatic nitrogens is 1. The third-order valence-corrected chi connectivity index (χ3v) is 3.67. The van der Waals surface area contributed by atoms with Crippen molar-refractivity contribution in [2.24, 2.45) is 0 Å². The van der Waals surface area contributed by atoms with E-state index in [0.717, 1.165) is 17.7 Å². The zero-order chi connectivity index (χ0) is 15.9. The fraction of sp³-hybridized carbons (Fsp3) is 0.294. The van der Waals surface area contributed by atoms with Crippen molar-refractivity contribution in [3.05, 3.63) is 53.2 Å². The van der Waals surface area contributed by atoms with Crippen LogP contribution in [0.5, 0.6) is 0 Å². The summed E-state index contributed by atoms with van der Waals surface area (Å²) in [5.74, 6) is -0.215. The van der Waals surface area contributed by atoms with Crippen molar-refractivity contribution in [2.45, 2.75) is 25.8 Å². The lowest BCUT2D eigenvalue weighted by Crippen LogP contribution is -2.32. The molecule has 4 nitrogen and oxygen atoms in total. The Kier molecular flexibility index (Phi) is 5.92. The molecule has 0 fully saturated rings. The van der Waals surface area contributed by atoms with E-state index in [2.05, 4.69) is 10.3 Å². The molecular formula is C17H19ClN2O2. The Labute approximate surface area is 135 Å². The van der Waals surface area contributed by atoms with E-state index in [1.165, 1.54) is 0 Å². The second-order valence-corrected chi connectivity index (χ2v) is 5.56. The lowest BCUT2D eigenvalue weighted by atomic mass is 10.1. The molecule has 0 spiro atoms. The summed E-state index contributed by atoms with van der Waals surface area (Å²) in [6, 6.07) is 10.9. The first-order valence-electron chi connectivity index (χ1n) is 7.24. The van der Waals surface area contributed by atoms with E-state index in [4.69, 9.17) is 16.7 Å². The molecule has 0 aliphatic heterocycles. The Morgan fingerprint density at radius 3 is 2.86 bits per heavy atom. The van der Waals surface area contributed by atoms with Crippen LogP contribution in [0.25, 0.3) is 11.3 Å². The number of halogens is 1. The lowest BCUT2D eigenvalue weighted by Gasteiger charge is -2.14. The highest BCUT2D eigenvalue weighted by atomic mass is 35.5. The van der Waals surface area contributed by atoms with Crippen LogP contribution in [0.4, 0.5) is 0 Å². The van der Waals surface area contributed by atoms with E-state index in [-0.39, 0.29) is 18.6 Å². The molecule has 0 radical (unpaired) electrons. The van der Waals surface area contributed by atoms with Gasteiger partial charge in [0, 0.05) is 24.4 Å². The van der Waals surface area contributed by atoms with Gasteiger partial charge in [-0.3, -0.25) is 9.78 Å². The van der Waals surface area contributed by atoms with Crippen molar-refractivity contribution in [3.63, 3.8) is 0 Å². The van der Waals surface area contributed by atoms with Gasteiger partial charge < -0.3 is 10.4 Å². The molecule has 0 aliphatic rings. The van der Waals surface area contributed by atoms with Crippen LogP contribution >= 0.6 is 11.6 Å². The van der Waals surface area contributed by atoms with Gasteiger partial charge in [0.1, 0.15) is 0 Å². The summed E-state index contributed by atoms with van der Waals surface area (Å²) < 4.78 is 0. The number of benzene rings is 1. The van der Waals surface area contributed by atoms with Crippen LogP contribution in [-0.2, 0) is 0 Å². The summed E-state index contributed by atoms with van der Waals surface area (Å²) in [6.07, 6.45) is 3.09.